The monoisotopic (exact) mass is 424 g/mol. The molecule has 0 saturated heterocycles. The van der Waals surface area contributed by atoms with Crippen LogP contribution in [0.1, 0.15) is 21.5 Å². The number of fused-ring (bicyclic) bond motifs is 2. The molecule has 2 aliphatic carbocycles. The zero-order chi connectivity index (χ0) is 21.1. The first-order chi connectivity index (χ1) is 14.4. The molecule has 1 fully saturated rings. The minimum atomic E-state index is -3.48. The van der Waals surface area contributed by atoms with E-state index in [0.717, 1.165) is 16.7 Å². The number of carbonyl (C=O) groups is 1. The van der Waals surface area contributed by atoms with E-state index in [-0.39, 0.29) is 17.7 Å². The minimum Gasteiger partial charge on any atom is -0.296 e. The number of dihydropyridines is 1. The molecular weight excluding hydrogens is 403 g/mol. The second-order valence-corrected chi connectivity index (χ2v) is 9.60. The van der Waals surface area contributed by atoms with Crippen LogP contribution in [0.15, 0.2) is 47.7 Å². The van der Waals surface area contributed by atoms with Gasteiger partial charge in [0, 0.05) is 56.4 Å². The highest BCUT2D eigenvalue weighted by Gasteiger charge is 2.68. The zero-order valence-corrected chi connectivity index (χ0v) is 17.7. The first-order valence-corrected chi connectivity index (χ1v) is 11.1. The average molecular weight is 424 g/mol. The Bertz CT molecular complexity index is 1190. The van der Waals surface area contributed by atoms with Crippen molar-refractivity contribution in [1.82, 2.24) is 9.78 Å². The summed E-state index contributed by atoms with van der Waals surface area (Å²) in [4.78, 5) is 18.4. The first kappa shape index (κ1) is 19.2. The number of aryl methyl sites for hydroxylation is 1. The normalized spacial score (nSPS) is 26.4. The van der Waals surface area contributed by atoms with Gasteiger partial charge in [0.2, 0.25) is 0 Å². The van der Waals surface area contributed by atoms with Crippen LogP contribution in [0.25, 0.3) is 11.6 Å². The van der Waals surface area contributed by atoms with Crippen LogP contribution in [-0.4, -0.2) is 42.0 Å². The third kappa shape index (κ3) is 2.75. The molecule has 154 valence electrons. The molecule has 3 aliphatic rings. The quantitative estimate of drug-likeness (QED) is 0.737. The van der Waals surface area contributed by atoms with E-state index in [0.29, 0.717) is 11.3 Å². The van der Waals surface area contributed by atoms with Crippen molar-refractivity contribution in [2.45, 2.75) is 6.04 Å². The van der Waals surface area contributed by atoms with Gasteiger partial charge in [-0.05, 0) is 23.3 Å². The van der Waals surface area contributed by atoms with Gasteiger partial charge in [0.05, 0.1) is 17.7 Å². The molecule has 2 heterocycles. The van der Waals surface area contributed by atoms with E-state index in [1.54, 1.807) is 23.0 Å². The molecule has 30 heavy (non-hydrogen) atoms. The van der Waals surface area contributed by atoms with E-state index >= 15 is 0 Å². The predicted molar refractivity (Wildman–Crippen MR) is 114 cm³/mol. The molecule has 3 unspecified atom stereocenters. The predicted octanol–water partition coefficient (Wildman–Crippen LogP) is 3.60. The van der Waals surface area contributed by atoms with Gasteiger partial charge in [-0.2, -0.15) is 5.10 Å². The van der Waals surface area contributed by atoms with Crippen LogP contribution in [-0.2, 0) is 20.7 Å². The summed E-state index contributed by atoms with van der Waals surface area (Å²) < 4.78 is 24.1. The van der Waals surface area contributed by atoms with Crippen molar-refractivity contribution in [1.29, 1.82) is 0 Å². The van der Waals surface area contributed by atoms with Crippen molar-refractivity contribution in [2.24, 2.45) is 23.4 Å². The zero-order valence-electron chi connectivity index (χ0n) is 16.8. The first-order valence-electron chi connectivity index (χ1n) is 9.52. The standard InChI is InChI=1S/C21H21N4O4P/c1-25-12-15(11-23-25)14-9-21-18(19(21)22-10-14)7-5-13-4-6-16(8-17(13)20(21)26)24-30(27,28-2)29-3/h4-12,18-19H,1-3H3,(H,24,27). The number of hydrogen-bond donors (Lipinski definition) is 1. The molecule has 1 spiro atoms. The molecule has 1 N–H and O–H groups in total. The Hall–Kier alpha value is -2.80. The van der Waals surface area contributed by atoms with Gasteiger partial charge in [-0.3, -0.25) is 28.6 Å². The van der Waals surface area contributed by atoms with E-state index in [2.05, 4.69) is 21.3 Å². The van der Waals surface area contributed by atoms with Crippen LogP contribution in [0.2, 0.25) is 0 Å². The molecule has 2 aromatic rings. The lowest BCUT2D eigenvalue weighted by Crippen LogP contribution is -2.21. The van der Waals surface area contributed by atoms with Crippen molar-refractivity contribution in [3.63, 3.8) is 0 Å². The van der Waals surface area contributed by atoms with Crippen LogP contribution in [0.4, 0.5) is 5.69 Å². The fraction of sp³-hybridized carbons (Fsp3) is 0.286. The molecule has 1 aromatic heterocycles. The van der Waals surface area contributed by atoms with Crippen molar-refractivity contribution >= 4 is 37.1 Å². The second-order valence-electron chi connectivity index (χ2n) is 7.65. The van der Waals surface area contributed by atoms with Crippen molar-refractivity contribution in [3.05, 3.63) is 59.4 Å². The third-order valence-corrected chi connectivity index (χ3v) is 7.49. The van der Waals surface area contributed by atoms with Crippen LogP contribution in [0, 0.1) is 11.3 Å². The number of hydrogen-bond acceptors (Lipinski definition) is 6. The molecule has 5 rings (SSSR count). The smallest absolute Gasteiger partial charge is 0.296 e. The number of aromatic nitrogens is 2. The summed E-state index contributed by atoms with van der Waals surface area (Å²) in [6, 6.07) is 5.18. The van der Waals surface area contributed by atoms with Crippen LogP contribution < -0.4 is 5.09 Å². The third-order valence-electron chi connectivity index (χ3n) is 6.00. The lowest BCUT2D eigenvalue weighted by Gasteiger charge is -2.19. The van der Waals surface area contributed by atoms with E-state index in [9.17, 15) is 9.36 Å². The Balaban J connectivity index is 1.55. The summed E-state index contributed by atoms with van der Waals surface area (Å²) >= 11 is 0. The number of aliphatic imine (C=N–C) groups is 1. The van der Waals surface area contributed by atoms with Gasteiger partial charge >= 0.3 is 7.75 Å². The summed E-state index contributed by atoms with van der Waals surface area (Å²) in [5.41, 5.74) is 2.99. The molecule has 0 amide bonds. The Morgan fingerprint density at radius 2 is 2.07 bits per heavy atom. The van der Waals surface area contributed by atoms with Gasteiger partial charge in [0.1, 0.15) is 0 Å². The van der Waals surface area contributed by atoms with Crippen molar-refractivity contribution < 1.29 is 18.4 Å². The second kappa shape index (κ2) is 6.60. The molecular formula is C21H21N4O4P. The number of nitrogens with one attached hydrogen (secondary N) is 1. The van der Waals surface area contributed by atoms with Crippen molar-refractivity contribution in [2.75, 3.05) is 19.3 Å². The molecule has 1 saturated carbocycles. The van der Waals surface area contributed by atoms with E-state index in [1.807, 2.05) is 37.7 Å². The number of anilines is 1. The number of ketones is 1. The van der Waals surface area contributed by atoms with Crippen LogP contribution in [0.3, 0.4) is 0 Å². The molecule has 1 aromatic carbocycles. The summed E-state index contributed by atoms with van der Waals surface area (Å²) in [6.07, 6.45) is 11.6. The average Bonchev–Trinajstić information content (AvgIpc) is 3.24. The molecule has 1 aliphatic heterocycles. The van der Waals surface area contributed by atoms with E-state index in [4.69, 9.17) is 9.05 Å². The molecule has 3 atom stereocenters. The number of allylic oxidation sites excluding steroid dienone is 1. The summed E-state index contributed by atoms with van der Waals surface area (Å²) in [5, 5.41) is 6.98. The van der Waals surface area contributed by atoms with Gasteiger partial charge in [-0.1, -0.05) is 24.3 Å². The minimum absolute atomic E-state index is 0.00376. The van der Waals surface area contributed by atoms with Crippen LogP contribution in [0.5, 0.6) is 0 Å². The number of benzene rings is 1. The van der Waals surface area contributed by atoms with Crippen molar-refractivity contribution in [3.8, 4) is 0 Å². The Labute approximate surface area is 173 Å². The molecule has 9 heteroatoms. The largest absolute Gasteiger partial charge is 0.432 e. The highest BCUT2D eigenvalue weighted by Crippen LogP contribution is 2.62. The molecule has 0 bridgehead atoms. The number of nitrogens with zero attached hydrogens (tertiary/aromatic N) is 3. The molecule has 0 radical (unpaired) electrons. The fourth-order valence-corrected chi connectivity index (χ4v) is 5.13. The Morgan fingerprint density at radius 1 is 1.27 bits per heavy atom. The van der Waals surface area contributed by atoms with E-state index < -0.39 is 13.2 Å². The maximum Gasteiger partial charge on any atom is 0.432 e. The Kier molecular flexibility index (Phi) is 4.22. The van der Waals surface area contributed by atoms with Crippen LogP contribution >= 0.6 is 7.75 Å². The SMILES string of the molecule is COP(=O)(Nc1ccc2c(c1)C(=O)C13C=C(c4cnn(C)c4)C=NC1C3C=C2)OC. The summed E-state index contributed by atoms with van der Waals surface area (Å²) in [6.45, 7) is 0. The summed E-state index contributed by atoms with van der Waals surface area (Å²) in [5.74, 6) is 0.0207. The van der Waals surface area contributed by atoms with Gasteiger partial charge in [-0.25, -0.2) is 4.57 Å². The maximum atomic E-state index is 13.7. The Morgan fingerprint density at radius 3 is 2.77 bits per heavy atom. The topological polar surface area (TPSA) is 94.8 Å². The van der Waals surface area contributed by atoms with E-state index in [1.165, 1.54) is 14.2 Å². The number of carbonyl (C=O) groups excluding carboxylic acids is 1. The lowest BCUT2D eigenvalue weighted by atomic mass is 9.87. The maximum absolute atomic E-state index is 13.7. The van der Waals surface area contributed by atoms with Gasteiger partial charge < -0.3 is 0 Å². The van der Waals surface area contributed by atoms with Gasteiger partial charge in [-0.15, -0.1) is 0 Å². The number of rotatable bonds is 5. The molecule has 8 nitrogen and oxygen atoms in total. The van der Waals surface area contributed by atoms with Gasteiger partial charge in [0.15, 0.2) is 5.78 Å². The lowest BCUT2D eigenvalue weighted by molar-refractivity contribution is 0.0922. The van der Waals surface area contributed by atoms with Gasteiger partial charge in [0.25, 0.3) is 0 Å². The highest BCUT2D eigenvalue weighted by molar-refractivity contribution is 7.55. The summed E-state index contributed by atoms with van der Waals surface area (Å²) in [7, 11) is 0.985. The highest BCUT2D eigenvalue weighted by atomic mass is 31.2. The fourth-order valence-electron chi connectivity index (χ4n) is 4.34. The number of Topliss-reactive ketones (excluding diaryl/α,β-unsaturated/α-hetero) is 1.